The molecule has 1 aliphatic heterocycles. The van der Waals surface area contributed by atoms with Gasteiger partial charge in [-0.1, -0.05) is 11.6 Å². The van der Waals surface area contributed by atoms with Crippen LogP contribution in [0.15, 0.2) is 9.85 Å². The molecule has 0 bridgehead atoms. The quantitative estimate of drug-likeness (QED) is 0.849. The van der Waals surface area contributed by atoms with E-state index < -0.39 is 12.1 Å². The van der Waals surface area contributed by atoms with Crippen LogP contribution in [0.3, 0.4) is 0 Å². The number of carbonyl (C=O) groups excluding carboxylic acids is 2. The maximum atomic E-state index is 11.7. The highest BCUT2D eigenvalue weighted by Crippen LogP contribution is 2.31. The van der Waals surface area contributed by atoms with Crippen LogP contribution in [0.1, 0.15) is 16.1 Å². The monoisotopic (exact) mass is 323 g/mol. The highest BCUT2D eigenvalue weighted by Gasteiger charge is 2.29. The fourth-order valence-electron chi connectivity index (χ4n) is 1.35. The summed E-state index contributed by atoms with van der Waals surface area (Å²) >= 11 is 10.2. The normalized spacial score (nSPS) is 19.6. The molecular weight excluding hydrogens is 318 g/mol. The van der Waals surface area contributed by atoms with Crippen LogP contribution >= 0.6 is 38.9 Å². The fraction of sp³-hybridized carbons (Fsp3) is 0.333. The average molecular weight is 325 g/mol. The van der Waals surface area contributed by atoms with Gasteiger partial charge in [0.15, 0.2) is 6.10 Å². The molecule has 1 aliphatic rings. The van der Waals surface area contributed by atoms with E-state index in [2.05, 4.69) is 21.2 Å². The van der Waals surface area contributed by atoms with Crippen molar-refractivity contribution in [2.45, 2.75) is 12.5 Å². The molecule has 1 amide bonds. The Morgan fingerprint density at radius 1 is 1.69 bits per heavy atom. The SMILES string of the molecule is O=C(OC1CCNC1=O)c1sc(Br)cc1Cl. The van der Waals surface area contributed by atoms with Crippen LogP contribution in [-0.2, 0) is 9.53 Å². The number of halogens is 2. The Kier molecular flexibility index (Phi) is 3.51. The van der Waals surface area contributed by atoms with Crippen LogP contribution in [0.25, 0.3) is 0 Å². The van der Waals surface area contributed by atoms with Gasteiger partial charge in [0.2, 0.25) is 0 Å². The van der Waals surface area contributed by atoms with Crippen LogP contribution in [0.2, 0.25) is 5.02 Å². The first-order valence-corrected chi connectivity index (χ1v) is 6.50. The van der Waals surface area contributed by atoms with Crippen molar-refractivity contribution >= 4 is 50.7 Å². The van der Waals surface area contributed by atoms with E-state index in [1.54, 1.807) is 6.07 Å². The van der Waals surface area contributed by atoms with Gasteiger partial charge >= 0.3 is 5.97 Å². The van der Waals surface area contributed by atoms with Crippen molar-refractivity contribution < 1.29 is 14.3 Å². The van der Waals surface area contributed by atoms with Crippen molar-refractivity contribution in [1.82, 2.24) is 5.32 Å². The van der Waals surface area contributed by atoms with Crippen molar-refractivity contribution in [2.24, 2.45) is 0 Å². The van der Waals surface area contributed by atoms with E-state index >= 15 is 0 Å². The van der Waals surface area contributed by atoms with Crippen molar-refractivity contribution in [1.29, 1.82) is 0 Å². The van der Waals surface area contributed by atoms with Crippen LogP contribution in [0.4, 0.5) is 0 Å². The van der Waals surface area contributed by atoms with Gasteiger partial charge in [-0.2, -0.15) is 0 Å². The third-order valence-corrected chi connectivity index (χ3v) is 4.12. The molecule has 0 spiro atoms. The summed E-state index contributed by atoms with van der Waals surface area (Å²) in [7, 11) is 0. The molecule has 1 saturated heterocycles. The van der Waals surface area contributed by atoms with Gasteiger partial charge in [-0.25, -0.2) is 4.79 Å². The van der Waals surface area contributed by atoms with E-state index in [0.29, 0.717) is 22.9 Å². The van der Waals surface area contributed by atoms with Gasteiger partial charge in [-0.3, -0.25) is 4.79 Å². The van der Waals surface area contributed by atoms with Gasteiger partial charge < -0.3 is 10.1 Å². The number of amides is 1. The van der Waals surface area contributed by atoms with Gasteiger partial charge in [0.25, 0.3) is 5.91 Å². The van der Waals surface area contributed by atoms with Gasteiger partial charge in [-0.15, -0.1) is 11.3 Å². The lowest BCUT2D eigenvalue weighted by Gasteiger charge is -2.07. The average Bonchev–Trinajstić information content (AvgIpc) is 2.74. The number of carbonyl (C=O) groups is 2. The Bertz CT molecular complexity index is 448. The van der Waals surface area contributed by atoms with Gasteiger partial charge in [0.05, 0.1) is 8.81 Å². The summed E-state index contributed by atoms with van der Waals surface area (Å²) in [6, 6.07) is 1.62. The maximum Gasteiger partial charge on any atom is 0.350 e. The number of esters is 1. The minimum atomic E-state index is -0.690. The zero-order chi connectivity index (χ0) is 11.7. The molecule has 1 N–H and O–H groups in total. The summed E-state index contributed by atoms with van der Waals surface area (Å²) in [6.07, 6.45) is -0.182. The van der Waals surface area contributed by atoms with Gasteiger partial charge in [0.1, 0.15) is 4.88 Å². The predicted molar refractivity (Wildman–Crippen MR) is 63.9 cm³/mol. The molecule has 0 radical (unpaired) electrons. The highest BCUT2D eigenvalue weighted by atomic mass is 79.9. The van der Waals surface area contributed by atoms with Crippen molar-refractivity contribution in [3.8, 4) is 0 Å². The summed E-state index contributed by atoms with van der Waals surface area (Å²) in [4.78, 5) is 23.2. The molecule has 1 fully saturated rings. The molecule has 0 saturated carbocycles. The Hall–Kier alpha value is -0.590. The van der Waals surface area contributed by atoms with E-state index in [1.807, 2.05) is 0 Å². The second-order valence-electron chi connectivity index (χ2n) is 3.20. The third-order valence-electron chi connectivity index (χ3n) is 2.09. The molecule has 1 atom stereocenters. The standard InChI is InChI=1S/C9H7BrClNO3S/c10-6-3-4(11)7(16-6)9(14)15-5-1-2-12-8(5)13/h3,5H,1-2H2,(H,12,13). The second kappa shape index (κ2) is 4.73. The minimum Gasteiger partial charge on any atom is -0.448 e. The van der Waals surface area contributed by atoms with E-state index in [4.69, 9.17) is 16.3 Å². The molecular formula is C9H7BrClNO3S. The smallest absolute Gasteiger partial charge is 0.350 e. The van der Waals surface area contributed by atoms with Crippen LogP contribution < -0.4 is 5.32 Å². The zero-order valence-corrected chi connectivity index (χ0v) is 11.1. The molecule has 1 aromatic rings. The van der Waals surface area contributed by atoms with E-state index in [9.17, 15) is 9.59 Å². The first-order chi connectivity index (χ1) is 7.58. The molecule has 2 heterocycles. The summed E-state index contributed by atoms with van der Waals surface area (Å²) in [5, 5.41) is 2.92. The van der Waals surface area contributed by atoms with Crippen molar-refractivity contribution in [2.75, 3.05) is 6.54 Å². The summed E-state index contributed by atoms with van der Waals surface area (Å²) < 4.78 is 5.81. The first-order valence-electron chi connectivity index (χ1n) is 4.51. The fourth-order valence-corrected chi connectivity index (χ4v) is 3.22. The molecule has 0 aliphatic carbocycles. The highest BCUT2D eigenvalue weighted by molar-refractivity contribution is 9.11. The molecule has 0 aromatic carbocycles. The zero-order valence-electron chi connectivity index (χ0n) is 7.96. The number of rotatable bonds is 2. The molecule has 16 heavy (non-hydrogen) atoms. The Labute approximate surface area is 109 Å². The summed E-state index contributed by atoms with van der Waals surface area (Å²) in [6.45, 7) is 0.540. The molecule has 86 valence electrons. The topological polar surface area (TPSA) is 55.4 Å². The molecule has 4 nitrogen and oxygen atoms in total. The van der Waals surface area contributed by atoms with E-state index in [-0.39, 0.29) is 5.91 Å². The Morgan fingerprint density at radius 3 is 2.94 bits per heavy atom. The largest absolute Gasteiger partial charge is 0.448 e. The van der Waals surface area contributed by atoms with Crippen LogP contribution in [0, 0.1) is 0 Å². The van der Waals surface area contributed by atoms with Crippen LogP contribution in [0.5, 0.6) is 0 Å². The van der Waals surface area contributed by atoms with Crippen molar-refractivity contribution in [3.05, 3.63) is 19.8 Å². The lowest BCUT2D eigenvalue weighted by Crippen LogP contribution is -2.27. The Balaban J connectivity index is 2.08. The number of thiophene rings is 1. The van der Waals surface area contributed by atoms with E-state index in [0.717, 1.165) is 3.79 Å². The van der Waals surface area contributed by atoms with Crippen LogP contribution in [-0.4, -0.2) is 24.5 Å². The third kappa shape index (κ3) is 2.39. The molecule has 2 rings (SSSR count). The predicted octanol–water partition coefficient (Wildman–Crippen LogP) is 2.21. The molecule has 7 heteroatoms. The first kappa shape index (κ1) is 11.9. The van der Waals surface area contributed by atoms with Crippen molar-refractivity contribution in [3.63, 3.8) is 0 Å². The lowest BCUT2D eigenvalue weighted by molar-refractivity contribution is -0.126. The van der Waals surface area contributed by atoms with E-state index in [1.165, 1.54) is 11.3 Å². The summed E-state index contributed by atoms with van der Waals surface area (Å²) in [5.41, 5.74) is 0. The number of ether oxygens (including phenoxy) is 1. The molecule has 1 aromatic heterocycles. The van der Waals surface area contributed by atoms with Gasteiger partial charge in [-0.05, 0) is 22.0 Å². The minimum absolute atomic E-state index is 0.250. The summed E-state index contributed by atoms with van der Waals surface area (Å²) in [5.74, 6) is -0.803. The second-order valence-corrected chi connectivity index (χ2v) is 6.04. The Morgan fingerprint density at radius 2 is 2.44 bits per heavy atom. The lowest BCUT2D eigenvalue weighted by atomic mass is 10.3. The number of hydrogen-bond acceptors (Lipinski definition) is 4. The maximum absolute atomic E-state index is 11.7. The molecule has 1 unspecified atom stereocenters. The number of nitrogens with one attached hydrogen (secondary N) is 1. The van der Waals surface area contributed by atoms with Gasteiger partial charge in [0, 0.05) is 13.0 Å². The number of hydrogen-bond donors (Lipinski definition) is 1.